The highest BCUT2D eigenvalue weighted by Crippen LogP contribution is 2.18. The van der Waals surface area contributed by atoms with Crippen molar-refractivity contribution in [2.24, 2.45) is 0 Å². The Bertz CT molecular complexity index is 328. The summed E-state index contributed by atoms with van der Waals surface area (Å²) in [6.07, 6.45) is -0.385. The zero-order valence-corrected chi connectivity index (χ0v) is 11.5. The van der Waals surface area contributed by atoms with Crippen LogP contribution in [0, 0.1) is 0 Å². The Hall–Kier alpha value is -1.01. The number of esters is 2. The quantitative estimate of drug-likeness (QED) is 0.559. The lowest BCUT2D eigenvalue weighted by Crippen LogP contribution is -2.33. The Balaban J connectivity index is 2.17. The van der Waals surface area contributed by atoms with Crippen molar-refractivity contribution in [1.82, 2.24) is 0 Å². The first kappa shape index (κ1) is 15.0. The molecule has 2 atom stereocenters. The van der Waals surface area contributed by atoms with Gasteiger partial charge in [-0.3, -0.25) is 4.79 Å². The van der Waals surface area contributed by atoms with Crippen molar-refractivity contribution in [2.45, 2.75) is 32.7 Å². The minimum absolute atomic E-state index is 0.0000565. The summed E-state index contributed by atoms with van der Waals surface area (Å²) in [7, 11) is 0. The third kappa shape index (κ3) is 5.55. The van der Waals surface area contributed by atoms with Crippen LogP contribution in [0.4, 0.5) is 0 Å². The van der Waals surface area contributed by atoms with E-state index in [0.717, 1.165) is 5.75 Å². The van der Waals surface area contributed by atoms with Crippen molar-refractivity contribution in [3.05, 3.63) is 12.2 Å². The Morgan fingerprint density at radius 1 is 1.44 bits per heavy atom. The molecule has 1 aliphatic rings. The summed E-state index contributed by atoms with van der Waals surface area (Å²) in [5.74, 6) is 0.622. The van der Waals surface area contributed by atoms with Gasteiger partial charge in [0, 0.05) is 11.3 Å². The summed E-state index contributed by atoms with van der Waals surface area (Å²) in [6, 6.07) is 0. The van der Waals surface area contributed by atoms with Gasteiger partial charge in [-0.05, 0) is 13.8 Å². The third-order valence-corrected chi connectivity index (χ3v) is 3.35. The standard InChI is InChI=1S/C12H18O5S/c1-8(2)12(14)15-5-4-10(13)17-11-7-18-6-9(3)16-11/h9,11H,1,4-7H2,2-3H3. The molecule has 0 aromatic rings. The van der Waals surface area contributed by atoms with Crippen molar-refractivity contribution in [2.75, 3.05) is 18.1 Å². The molecule has 0 aromatic carbocycles. The summed E-state index contributed by atoms with van der Waals surface area (Å²) in [5, 5.41) is 0. The highest BCUT2D eigenvalue weighted by Gasteiger charge is 2.22. The lowest BCUT2D eigenvalue weighted by atomic mass is 10.4. The first-order chi connectivity index (χ1) is 8.49. The molecule has 0 spiro atoms. The van der Waals surface area contributed by atoms with Gasteiger partial charge in [0.15, 0.2) is 0 Å². The van der Waals surface area contributed by atoms with E-state index in [-0.39, 0.29) is 19.1 Å². The molecule has 1 heterocycles. The van der Waals surface area contributed by atoms with E-state index in [1.54, 1.807) is 18.7 Å². The summed E-state index contributed by atoms with van der Waals surface area (Å²) in [4.78, 5) is 22.5. The van der Waals surface area contributed by atoms with Crippen LogP contribution < -0.4 is 0 Å². The molecule has 1 fully saturated rings. The normalized spacial score (nSPS) is 23.2. The first-order valence-electron chi connectivity index (χ1n) is 5.74. The van der Waals surface area contributed by atoms with E-state index in [2.05, 4.69) is 6.58 Å². The van der Waals surface area contributed by atoms with Crippen LogP contribution >= 0.6 is 11.8 Å². The maximum atomic E-state index is 11.4. The lowest BCUT2D eigenvalue weighted by molar-refractivity contribution is -0.182. The average Bonchev–Trinajstić information content (AvgIpc) is 2.28. The van der Waals surface area contributed by atoms with Crippen LogP contribution in [0.1, 0.15) is 20.3 Å². The van der Waals surface area contributed by atoms with Crippen molar-refractivity contribution in [3.8, 4) is 0 Å². The number of rotatable bonds is 5. The van der Waals surface area contributed by atoms with Crippen molar-refractivity contribution in [1.29, 1.82) is 0 Å². The fraction of sp³-hybridized carbons (Fsp3) is 0.667. The molecule has 0 aromatic heterocycles. The molecule has 5 nitrogen and oxygen atoms in total. The predicted molar refractivity (Wildman–Crippen MR) is 68.1 cm³/mol. The SMILES string of the molecule is C=C(C)C(=O)OCCC(=O)OC1CSCC(C)O1. The van der Waals surface area contributed by atoms with E-state index < -0.39 is 18.2 Å². The summed E-state index contributed by atoms with van der Waals surface area (Å²) in [5.41, 5.74) is 0.309. The van der Waals surface area contributed by atoms with Gasteiger partial charge >= 0.3 is 11.9 Å². The highest BCUT2D eigenvalue weighted by molar-refractivity contribution is 7.99. The van der Waals surface area contributed by atoms with Gasteiger partial charge in [0.25, 0.3) is 0 Å². The monoisotopic (exact) mass is 274 g/mol. The molecule has 0 radical (unpaired) electrons. The number of carbonyl (C=O) groups excluding carboxylic acids is 2. The molecule has 18 heavy (non-hydrogen) atoms. The van der Waals surface area contributed by atoms with Gasteiger partial charge in [-0.25, -0.2) is 4.79 Å². The maximum Gasteiger partial charge on any atom is 0.333 e. The second-order valence-corrected chi connectivity index (χ2v) is 5.14. The molecule has 0 saturated carbocycles. The molecular formula is C12H18O5S. The Morgan fingerprint density at radius 3 is 2.78 bits per heavy atom. The van der Waals surface area contributed by atoms with Crippen LogP contribution in [0.5, 0.6) is 0 Å². The second-order valence-electron chi connectivity index (χ2n) is 4.07. The van der Waals surface area contributed by atoms with E-state index in [1.165, 1.54) is 0 Å². The van der Waals surface area contributed by atoms with Gasteiger partial charge < -0.3 is 14.2 Å². The maximum absolute atomic E-state index is 11.4. The number of carbonyl (C=O) groups is 2. The number of hydrogen-bond donors (Lipinski definition) is 0. The predicted octanol–water partition coefficient (Wildman–Crippen LogP) is 1.52. The minimum Gasteiger partial charge on any atom is -0.462 e. The van der Waals surface area contributed by atoms with E-state index in [0.29, 0.717) is 11.3 Å². The lowest BCUT2D eigenvalue weighted by Gasteiger charge is -2.26. The molecule has 2 unspecified atom stereocenters. The smallest absolute Gasteiger partial charge is 0.333 e. The zero-order chi connectivity index (χ0) is 13.5. The molecule has 0 aliphatic carbocycles. The topological polar surface area (TPSA) is 61.8 Å². The van der Waals surface area contributed by atoms with Gasteiger partial charge in [-0.15, -0.1) is 0 Å². The van der Waals surface area contributed by atoms with E-state index in [1.807, 2.05) is 6.92 Å². The van der Waals surface area contributed by atoms with Crippen molar-refractivity contribution < 1.29 is 23.8 Å². The fourth-order valence-electron chi connectivity index (χ4n) is 1.29. The fourth-order valence-corrected chi connectivity index (χ4v) is 2.17. The highest BCUT2D eigenvalue weighted by atomic mass is 32.2. The van der Waals surface area contributed by atoms with Crippen molar-refractivity contribution >= 4 is 23.7 Å². The second kappa shape index (κ2) is 7.43. The zero-order valence-electron chi connectivity index (χ0n) is 10.6. The van der Waals surface area contributed by atoms with Gasteiger partial charge in [-0.1, -0.05) is 6.58 Å². The van der Waals surface area contributed by atoms with Crippen LogP contribution in [0.25, 0.3) is 0 Å². The Morgan fingerprint density at radius 2 is 2.17 bits per heavy atom. The van der Waals surface area contributed by atoms with Crippen LogP contribution in [0.2, 0.25) is 0 Å². The van der Waals surface area contributed by atoms with E-state index in [9.17, 15) is 9.59 Å². The van der Waals surface area contributed by atoms with Gasteiger partial charge in [-0.2, -0.15) is 11.8 Å². The largest absolute Gasteiger partial charge is 0.462 e. The molecule has 6 heteroatoms. The molecule has 1 aliphatic heterocycles. The number of hydrogen-bond acceptors (Lipinski definition) is 6. The summed E-state index contributed by atoms with van der Waals surface area (Å²) in [6.45, 7) is 6.92. The molecule has 0 amide bonds. The Labute approximate surface area is 111 Å². The van der Waals surface area contributed by atoms with Gasteiger partial charge in [0.2, 0.25) is 6.29 Å². The van der Waals surface area contributed by atoms with E-state index >= 15 is 0 Å². The van der Waals surface area contributed by atoms with Crippen LogP contribution in [0.3, 0.4) is 0 Å². The van der Waals surface area contributed by atoms with Gasteiger partial charge in [0.05, 0.1) is 18.3 Å². The van der Waals surface area contributed by atoms with Crippen LogP contribution in [-0.4, -0.2) is 42.4 Å². The van der Waals surface area contributed by atoms with Crippen LogP contribution in [0.15, 0.2) is 12.2 Å². The third-order valence-electron chi connectivity index (χ3n) is 2.14. The summed E-state index contributed by atoms with van der Waals surface area (Å²) >= 11 is 1.69. The van der Waals surface area contributed by atoms with Crippen LogP contribution in [-0.2, 0) is 23.8 Å². The first-order valence-corrected chi connectivity index (χ1v) is 6.90. The molecule has 0 N–H and O–H groups in total. The van der Waals surface area contributed by atoms with Crippen molar-refractivity contribution in [3.63, 3.8) is 0 Å². The summed E-state index contributed by atoms with van der Waals surface area (Å²) < 4.78 is 15.3. The molecular weight excluding hydrogens is 256 g/mol. The number of thioether (sulfide) groups is 1. The average molecular weight is 274 g/mol. The van der Waals surface area contributed by atoms with Gasteiger partial charge in [0.1, 0.15) is 6.61 Å². The molecule has 102 valence electrons. The van der Waals surface area contributed by atoms with E-state index in [4.69, 9.17) is 14.2 Å². The molecule has 1 saturated heterocycles. The Kier molecular flexibility index (Phi) is 6.21. The molecule has 1 rings (SSSR count). The minimum atomic E-state index is -0.499. The number of ether oxygens (including phenoxy) is 3. The molecule has 0 bridgehead atoms.